The van der Waals surface area contributed by atoms with E-state index < -0.39 is 0 Å². The Morgan fingerprint density at radius 2 is 2.39 bits per heavy atom. The van der Waals surface area contributed by atoms with E-state index in [4.69, 9.17) is 0 Å². The molecule has 1 amide bonds. The van der Waals surface area contributed by atoms with Gasteiger partial charge in [-0.15, -0.1) is 11.3 Å². The van der Waals surface area contributed by atoms with Gasteiger partial charge in [-0.1, -0.05) is 0 Å². The molecule has 4 rings (SSSR count). The summed E-state index contributed by atoms with van der Waals surface area (Å²) < 4.78 is 2.81. The first-order chi connectivity index (χ1) is 11.1. The van der Waals surface area contributed by atoms with Crippen LogP contribution in [0.15, 0.2) is 29.9 Å². The van der Waals surface area contributed by atoms with Gasteiger partial charge in [-0.25, -0.2) is 0 Å². The molecule has 0 spiro atoms. The second-order valence-electron chi connectivity index (χ2n) is 6.17. The van der Waals surface area contributed by atoms with Crippen LogP contribution in [0, 0.1) is 5.92 Å². The number of nitrogens with zero attached hydrogens (tertiary/aromatic N) is 2. The maximum Gasteiger partial charge on any atom is 0.268 e. The zero-order valence-corrected chi connectivity index (χ0v) is 13.5. The molecule has 0 saturated heterocycles. The summed E-state index contributed by atoms with van der Waals surface area (Å²) in [6, 6.07) is 3.73. The highest BCUT2D eigenvalue weighted by Crippen LogP contribution is 2.38. The SMILES string of the molecule is Cn1cc([C@@H](NC(=O)c2cc3sccc3[nH]2)C2CC(O)C2)cn1. The molecule has 0 radical (unpaired) electrons. The van der Waals surface area contributed by atoms with Gasteiger partial charge in [0, 0.05) is 18.8 Å². The van der Waals surface area contributed by atoms with Crippen molar-refractivity contribution in [3.05, 3.63) is 41.2 Å². The first kappa shape index (κ1) is 14.5. The molecule has 1 aliphatic carbocycles. The predicted molar refractivity (Wildman–Crippen MR) is 88.3 cm³/mol. The zero-order chi connectivity index (χ0) is 16.0. The van der Waals surface area contributed by atoms with Crippen LogP contribution in [0.2, 0.25) is 0 Å². The summed E-state index contributed by atoms with van der Waals surface area (Å²) in [7, 11) is 1.86. The monoisotopic (exact) mass is 330 g/mol. The fraction of sp³-hybridized carbons (Fsp3) is 0.375. The van der Waals surface area contributed by atoms with E-state index in [0.717, 1.165) is 15.8 Å². The molecular weight excluding hydrogens is 312 g/mol. The van der Waals surface area contributed by atoms with Crippen molar-refractivity contribution in [1.29, 1.82) is 0 Å². The minimum atomic E-state index is -0.258. The number of hydrogen-bond acceptors (Lipinski definition) is 4. The molecule has 3 heterocycles. The Balaban J connectivity index is 1.56. The van der Waals surface area contributed by atoms with Crippen molar-refractivity contribution >= 4 is 27.5 Å². The molecule has 3 N–H and O–H groups in total. The van der Waals surface area contributed by atoms with Gasteiger partial charge in [0.05, 0.1) is 28.6 Å². The van der Waals surface area contributed by atoms with Crippen molar-refractivity contribution < 1.29 is 9.90 Å². The first-order valence-electron chi connectivity index (χ1n) is 7.64. The van der Waals surface area contributed by atoms with Gasteiger partial charge >= 0.3 is 0 Å². The van der Waals surface area contributed by atoms with Crippen LogP contribution in [-0.2, 0) is 7.05 Å². The maximum atomic E-state index is 12.6. The maximum absolute atomic E-state index is 12.6. The van der Waals surface area contributed by atoms with Crippen LogP contribution < -0.4 is 5.32 Å². The summed E-state index contributed by atoms with van der Waals surface area (Å²) in [6.45, 7) is 0. The average molecular weight is 330 g/mol. The molecular formula is C16H18N4O2S. The second kappa shape index (κ2) is 5.50. The molecule has 6 nitrogen and oxygen atoms in total. The Hall–Kier alpha value is -2.12. The van der Waals surface area contributed by atoms with E-state index >= 15 is 0 Å². The molecule has 0 unspecified atom stereocenters. The number of rotatable bonds is 4. The molecule has 23 heavy (non-hydrogen) atoms. The molecule has 120 valence electrons. The van der Waals surface area contributed by atoms with Crippen molar-refractivity contribution in [2.45, 2.75) is 25.0 Å². The van der Waals surface area contributed by atoms with Gasteiger partial charge in [0.15, 0.2) is 0 Å². The van der Waals surface area contributed by atoms with Crippen LogP contribution in [0.3, 0.4) is 0 Å². The molecule has 1 saturated carbocycles. The second-order valence-corrected chi connectivity index (χ2v) is 7.11. The number of aliphatic hydroxyl groups excluding tert-OH is 1. The van der Waals surface area contributed by atoms with Crippen LogP contribution in [0.5, 0.6) is 0 Å². The number of carbonyl (C=O) groups is 1. The molecule has 0 aliphatic heterocycles. The molecule has 1 fully saturated rings. The van der Waals surface area contributed by atoms with Crippen molar-refractivity contribution in [3.8, 4) is 0 Å². The van der Waals surface area contributed by atoms with Crippen LogP contribution in [0.1, 0.15) is 34.9 Å². The first-order valence-corrected chi connectivity index (χ1v) is 8.52. The van der Waals surface area contributed by atoms with E-state index in [0.29, 0.717) is 18.5 Å². The largest absolute Gasteiger partial charge is 0.393 e. The van der Waals surface area contributed by atoms with Gasteiger partial charge in [-0.05, 0) is 36.3 Å². The fourth-order valence-corrected chi connectivity index (χ4v) is 3.95. The summed E-state index contributed by atoms with van der Waals surface area (Å²) >= 11 is 1.61. The Morgan fingerprint density at radius 1 is 1.57 bits per heavy atom. The number of aliphatic hydroxyl groups is 1. The number of carbonyl (C=O) groups excluding carboxylic acids is 1. The minimum absolute atomic E-state index is 0.122. The quantitative estimate of drug-likeness (QED) is 0.686. The normalized spacial score (nSPS) is 22.0. The highest BCUT2D eigenvalue weighted by atomic mass is 32.1. The lowest BCUT2D eigenvalue weighted by molar-refractivity contribution is 0.0234. The van der Waals surface area contributed by atoms with Crippen molar-refractivity contribution in [2.24, 2.45) is 13.0 Å². The molecule has 3 aromatic rings. The molecule has 0 aromatic carbocycles. The Morgan fingerprint density at radius 3 is 3.04 bits per heavy atom. The third-order valence-electron chi connectivity index (χ3n) is 4.48. The summed E-state index contributed by atoms with van der Waals surface area (Å²) in [4.78, 5) is 15.8. The number of nitrogens with one attached hydrogen (secondary N) is 2. The fourth-order valence-electron chi connectivity index (χ4n) is 3.17. The van der Waals surface area contributed by atoms with Crippen molar-refractivity contribution in [2.75, 3.05) is 0 Å². The molecule has 3 aromatic heterocycles. The Bertz CT molecular complexity index is 815. The molecule has 1 atom stereocenters. The van der Waals surface area contributed by atoms with E-state index in [1.54, 1.807) is 22.2 Å². The van der Waals surface area contributed by atoms with Gasteiger partial charge in [0.1, 0.15) is 5.69 Å². The molecule has 7 heteroatoms. The van der Waals surface area contributed by atoms with Crippen molar-refractivity contribution in [1.82, 2.24) is 20.1 Å². The lowest BCUT2D eigenvalue weighted by atomic mass is 9.75. The number of hydrogen-bond donors (Lipinski definition) is 3. The van der Waals surface area contributed by atoms with E-state index in [2.05, 4.69) is 15.4 Å². The van der Waals surface area contributed by atoms with E-state index in [9.17, 15) is 9.90 Å². The van der Waals surface area contributed by atoms with Crippen LogP contribution >= 0.6 is 11.3 Å². The summed E-state index contributed by atoms with van der Waals surface area (Å²) in [5.41, 5.74) is 2.53. The zero-order valence-electron chi connectivity index (χ0n) is 12.7. The van der Waals surface area contributed by atoms with Gasteiger partial charge in [-0.3, -0.25) is 9.48 Å². The Kier molecular flexibility index (Phi) is 3.46. The van der Waals surface area contributed by atoms with Gasteiger partial charge < -0.3 is 15.4 Å². The third kappa shape index (κ3) is 2.66. The summed E-state index contributed by atoms with van der Waals surface area (Å²) in [5.74, 6) is 0.123. The number of thiophene rings is 1. The number of fused-ring (bicyclic) bond motifs is 1. The standard InChI is InChI=1S/C16H18N4O2S/c1-20-8-10(7-17-20)15(9-4-11(21)5-9)19-16(22)13-6-14-12(18-13)2-3-23-14/h2-3,6-9,11,15,18,21H,4-5H2,1H3,(H,19,22)/t9?,11?,15-/m0/s1. The lowest BCUT2D eigenvalue weighted by Gasteiger charge is -2.37. The lowest BCUT2D eigenvalue weighted by Crippen LogP contribution is -2.41. The number of aryl methyl sites for hydroxylation is 1. The van der Waals surface area contributed by atoms with Gasteiger partial charge in [0.25, 0.3) is 5.91 Å². The minimum Gasteiger partial charge on any atom is -0.393 e. The average Bonchev–Trinajstić information content (AvgIpc) is 3.16. The summed E-state index contributed by atoms with van der Waals surface area (Å²) in [5, 5.41) is 18.9. The topological polar surface area (TPSA) is 82.9 Å². The smallest absolute Gasteiger partial charge is 0.268 e. The number of aromatic nitrogens is 3. The predicted octanol–water partition coefficient (Wildman–Crippen LogP) is 2.20. The third-order valence-corrected chi connectivity index (χ3v) is 5.34. The summed E-state index contributed by atoms with van der Waals surface area (Å²) in [6.07, 6.45) is 4.86. The number of amides is 1. The van der Waals surface area contributed by atoms with Crippen molar-refractivity contribution in [3.63, 3.8) is 0 Å². The van der Waals surface area contributed by atoms with Gasteiger partial charge in [0.2, 0.25) is 0 Å². The highest BCUT2D eigenvalue weighted by Gasteiger charge is 2.36. The molecule has 1 aliphatic rings. The van der Waals surface area contributed by atoms with Crippen LogP contribution in [0.4, 0.5) is 0 Å². The highest BCUT2D eigenvalue weighted by molar-refractivity contribution is 7.17. The van der Waals surface area contributed by atoms with E-state index in [-0.39, 0.29) is 24.0 Å². The number of H-pyrrole nitrogens is 1. The number of aromatic amines is 1. The van der Waals surface area contributed by atoms with E-state index in [1.807, 2.05) is 30.8 Å². The van der Waals surface area contributed by atoms with Crippen LogP contribution in [0.25, 0.3) is 10.2 Å². The van der Waals surface area contributed by atoms with Gasteiger partial charge in [-0.2, -0.15) is 5.10 Å². The Labute approximate surface area is 137 Å². The van der Waals surface area contributed by atoms with E-state index in [1.165, 1.54) is 0 Å². The molecule has 0 bridgehead atoms. The van der Waals surface area contributed by atoms with Crippen LogP contribution in [-0.4, -0.2) is 31.9 Å².